The molecule has 0 bridgehead atoms. The van der Waals surface area contributed by atoms with Gasteiger partial charge in [0.05, 0.1) is 0 Å². The molecule has 0 aromatic carbocycles. The van der Waals surface area contributed by atoms with Crippen molar-refractivity contribution in [2.24, 2.45) is 11.8 Å². The zero-order valence-corrected chi connectivity index (χ0v) is 8.28. The van der Waals surface area contributed by atoms with E-state index in [1.807, 2.05) is 0 Å². The van der Waals surface area contributed by atoms with E-state index in [9.17, 15) is 0 Å². The Bertz CT molecular complexity index is 157. The van der Waals surface area contributed by atoms with Crippen LogP contribution in [0.2, 0.25) is 0 Å². The molecule has 0 heterocycles. The Balaban J connectivity index is 2.41. The molecule has 1 saturated carbocycles. The minimum absolute atomic E-state index is 0.826. The molecule has 0 aromatic rings. The van der Waals surface area contributed by atoms with Crippen LogP contribution in [-0.2, 0) is 0 Å². The van der Waals surface area contributed by atoms with Crippen LogP contribution in [0, 0.1) is 11.8 Å². The Hall–Kier alpha value is -0.260. The van der Waals surface area contributed by atoms with Crippen molar-refractivity contribution in [3.8, 4) is 0 Å². The smallest absolute Gasteiger partial charge is 0.0229 e. The third kappa shape index (κ3) is 2.69. The zero-order chi connectivity index (χ0) is 8.43. The van der Waals surface area contributed by atoms with Crippen LogP contribution in [-0.4, -0.2) is 0 Å². The highest BCUT2D eigenvalue weighted by Crippen LogP contribution is 2.35. The van der Waals surface area contributed by atoms with Crippen molar-refractivity contribution in [3.63, 3.8) is 0 Å². The SMILES string of the molecule is CC(=C1CC1)C(C)CC(C)C. The van der Waals surface area contributed by atoms with E-state index in [-0.39, 0.29) is 0 Å². The molecule has 0 radical (unpaired) electrons. The maximum absolute atomic E-state index is 2.36. The number of allylic oxidation sites excluding steroid dienone is 2. The van der Waals surface area contributed by atoms with Crippen molar-refractivity contribution in [3.05, 3.63) is 11.1 Å². The van der Waals surface area contributed by atoms with E-state index >= 15 is 0 Å². The topological polar surface area (TPSA) is 0 Å². The van der Waals surface area contributed by atoms with Crippen LogP contribution < -0.4 is 0 Å². The van der Waals surface area contributed by atoms with Crippen molar-refractivity contribution < 1.29 is 0 Å². The zero-order valence-electron chi connectivity index (χ0n) is 8.28. The molecule has 1 fully saturated rings. The molecular formula is C11H20. The lowest BCUT2D eigenvalue weighted by Crippen LogP contribution is -2.01. The second kappa shape index (κ2) is 3.42. The lowest BCUT2D eigenvalue weighted by molar-refractivity contribution is 0.485. The van der Waals surface area contributed by atoms with Gasteiger partial charge >= 0.3 is 0 Å². The summed E-state index contributed by atoms with van der Waals surface area (Å²) >= 11 is 0. The van der Waals surface area contributed by atoms with Crippen molar-refractivity contribution >= 4 is 0 Å². The van der Waals surface area contributed by atoms with Crippen LogP contribution in [0.15, 0.2) is 11.1 Å². The first kappa shape index (κ1) is 8.83. The molecule has 1 aliphatic carbocycles. The number of hydrogen-bond acceptors (Lipinski definition) is 0. The van der Waals surface area contributed by atoms with Gasteiger partial charge in [-0.15, -0.1) is 0 Å². The van der Waals surface area contributed by atoms with Crippen molar-refractivity contribution in [2.45, 2.75) is 47.0 Å². The maximum atomic E-state index is 2.36. The fourth-order valence-corrected chi connectivity index (χ4v) is 1.69. The maximum Gasteiger partial charge on any atom is -0.0229 e. The van der Waals surface area contributed by atoms with Gasteiger partial charge in [-0.1, -0.05) is 31.9 Å². The number of hydrogen-bond donors (Lipinski definition) is 0. The molecular weight excluding hydrogens is 132 g/mol. The van der Waals surface area contributed by atoms with Crippen molar-refractivity contribution in [1.82, 2.24) is 0 Å². The summed E-state index contributed by atoms with van der Waals surface area (Å²) in [6.45, 7) is 9.29. The van der Waals surface area contributed by atoms with Gasteiger partial charge in [0.25, 0.3) is 0 Å². The van der Waals surface area contributed by atoms with Gasteiger partial charge in [0.15, 0.2) is 0 Å². The highest BCUT2D eigenvalue weighted by Gasteiger charge is 2.18. The van der Waals surface area contributed by atoms with Gasteiger partial charge in [-0.2, -0.15) is 0 Å². The van der Waals surface area contributed by atoms with Gasteiger partial charge in [0.1, 0.15) is 0 Å². The van der Waals surface area contributed by atoms with Gasteiger partial charge in [-0.3, -0.25) is 0 Å². The lowest BCUT2D eigenvalue weighted by Gasteiger charge is -2.14. The average Bonchev–Trinajstić information content (AvgIpc) is 2.65. The van der Waals surface area contributed by atoms with Crippen LogP contribution in [0.1, 0.15) is 47.0 Å². The molecule has 0 amide bonds. The van der Waals surface area contributed by atoms with Crippen molar-refractivity contribution in [2.75, 3.05) is 0 Å². The molecule has 1 unspecified atom stereocenters. The molecule has 1 atom stereocenters. The monoisotopic (exact) mass is 152 g/mol. The summed E-state index contributed by atoms with van der Waals surface area (Å²) < 4.78 is 0. The van der Waals surface area contributed by atoms with E-state index in [4.69, 9.17) is 0 Å². The van der Waals surface area contributed by atoms with E-state index in [2.05, 4.69) is 27.7 Å². The molecule has 0 heteroatoms. The molecule has 0 nitrogen and oxygen atoms in total. The summed E-state index contributed by atoms with van der Waals surface area (Å²) in [4.78, 5) is 0. The standard InChI is InChI=1S/C11H20/c1-8(2)7-9(3)10(4)11-5-6-11/h8-9H,5-7H2,1-4H3. The first-order valence-corrected chi connectivity index (χ1v) is 4.79. The highest BCUT2D eigenvalue weighted by molar-refractivity contribution is 5.25. The van der Waals surface area contributed by atoms with Crippen molar-refractivity contribution in [1.29, 1.82) is 0 Å². The van der Waals surface area contributed by atoms with Crippen LogP contribution in [0.25, 0.3) is 0 Å². The third-order valence-electron chi connectivity index (χ3n) is 2.62. The molecule has 0 aromatic heterocycles. The van der Waals surface area contributed by atoms with Crippen LogP contribution in [0.3, 0.4) is 0 Å². The molecule has 64 valence electrons. The second-order valence-corrected chi connectivity index (χ2v) is 4.32. The first-order valence-electron chi connectivity index (χ1n) is 4.79. The van der Waals surface area contributed by atoms with E-state index in [1.54, 1.807) is 11.1 Å². The Morgan fingerprint density at radius 3 is 2.18 bits per heavy atom. The second-order valence-electron chi connectivity index (χ2n) is 4.32. The van der Waals surface area contributed by atoms with Gasteiger partial charge in [0, 0.05) is 0 Å². The van der Waals surface area contributed by atoms with E-state index < -0.39 is 0 Å². The summed E-state index contributed by atoms with van der Waals surface area (Å²) in [5.74, 6) is 1.67. The fraction of sp³-hybridized carbons (Fsp3) is 0.818. The molecule has 0 aliphatic heterocycles. The predicted molar refractivity (Wildman–Crippen MR) is 50.6 cm³/mol. The minimum atomic E-state index is 0.826. The summed E-state index contributed by atoms with van der Waals surface area (Å²) in [7, 11) is 0. The summed E-state index contributed by atoms with van der Waals surface area (Å²) in [6.07, 6.45) is 4.12. The van der Waals surface area contributed by atoms with E-state index in [1.165, 1.54) is 19.3 Å². The number of rotatable bonds is 3. The largest absolute Gasteiger partial charge is 0.0713 e. The quantitative estimate of drug-likeness (QED) is 0.540. The molecule has 0 N–H and O–H groups in total. The summed E-state index contributed by atoms with van der Waals surface area (Å²) in [5.41, 5.74) is 3.41. The molecule has 1 rings (SSSR count). The minimum Gasteiger partial charge on any atom is -0.0713 e. The first-order chi connectivity index (χ1) is 5.11. The van der Waals surface area contributed by atoms with Gasteiger partial charge < -0.3 is 0 Å². The Labute approximate surface area is 70.7 Å². The van der Waals surface area contributed by atoms with Crippen LogP contribution in [0.5, 0.6) is 0 Å². The molecule has 11 heavy (non-hydrogen) atoms. The van der Waals surface area contributed by atoms with Gasteiger partial charge in [0.2, 0.25) is 0 Å². The predicted octanol–water partition coefficient (Wildman–Crippen LogP) is 3.78. The Morgan fingerprint density at radius 2 is 1.82 bits per heavy atom. The highest BCUT2D eigenvalue weighted by atomic mass is 14.2. The Morgan fingerprint density at radius 1 is 1.27 bits per heavy atom. The lowest BCUT2D eigenvalue weighted by atomic mass is 9.92. The Kier molecular flexibility index (Phi) is 2.75. The van der Waals surface area contributed by atoms with E-state index in [0.717, 1.165) is 11.8 Å². The molecule has 1 aliphatic rings. The van der Waals surface area contributed by atoms with Crippen LogP contribution in [0.4, 0.5) is 0 Å². The van der Waals surface area contributed by atoms with Gasteiger partial charge in [-0.05, 0) is 38.0 Å². The normalized spacial score (nSPS) is 18.8. The summed E-state index contributed by atoms with van der Waals surface area (Å²) in [6, 6.07) is 0. The average molecular weight is 152 g/mol. The summed E-state index contributed by atoms with van der Waals surface area (Å²) in [5, 5.41) is 0. The molecule has 0 saturated heterocycles. The molecule has 0 spiro atoms. The fourth-order valence-electron chi connectivity index (χ4n) is 1.69. The van der Waals surface area contributed by atoms with E-state index in [0.29, 0.717) is 0 Å². The van der Waals surface area contributed by atoms with Gasteiger partial charge in [-0.25, -0.2) is 0 Å². The third-order valence-corrected chi connectivity index (χ3v) is 2.62. The van der Waals surface area contributed by atoms with Crippen LogP contribution >= 0.6 is 0 Å².